The first-order valence-corrected chi connectivity index (χ1v) is 10.0. The maximum absolute atomic E-state index is 6.17. The molecule has 0 bridgehead atoms. The summed E-state index contributed by atoms with van der Waals surface area (Å²) in [6.45, 7) is 9.52. The van der Waals surface area contributed by atoms with Gasteiger partial charge in [0, 0.05) is 18.6 Å². The van der Waals surface area contributed by atoms with Crippen molar-refractivity contribution in [3.63, 3.8) is 0 Å². The van der Waals surface area contributed by atoms with Gasteiger partial charge in [-0.1, -0.05) is 67.1 Å². The number of benzene rings is 2. The summed E-state index contributed by atoms with van der Waals surface area (Å²) in [5, 5.41) is 3.66. The molecule has 26 heavy (non-hydrogen) atoms. The molecule has 1 aliphatic heterocycles. The fourth-order valence-electron chi connectivity index (χ4n) is 4.24. The van der Waals surface area contributed by atoms with Crippen LogP contribution in [0.1, 0.15) is 56.2 Å². The van der Waals surface area contributed by atoms with Gasteiger partial charge in [0.05, 0.1) is 5.60 Å². The number of ether oxygens (including phenoxy) is 1. The Morgan fingerprint density at radius 2 is 1.77 bits per heavy atom. The third-order valence-electron chi connectivity index (χ3n) is 6.11. The molecule has 2 aromatic rings. The molecule has 0 spiro atoms. The van der Waals surface area contributed by atoms with Crippen LogP contribution in [-0.4, -0.2) is 18.8 Å². The minimum Gasteiger partial charge on any atom is -0.375 e. The fourth-order valence-corrected chi connectivity index (χ4v) is 4.24. The summed E-state index contributed by atoms with van der Waals surface area (Å²) >= 11 is 0. The Labute approximate surface area is 159 Å². The van der Waals surface area contributed by atoms with Crippen LogP contribution in [0.2, 0.25) is 0 Å². The molecular formula is C24H33NO. The van der Waals surface area contributed by atoms with E-state index in [1.165, 1.54) is 16.7 Å². The third-order valence-corrected chi connectivity index (χ3v) is 6.11. The Bertz CT molecular complexity index is 681. The van der Waals surface area contributed by atoms with Crippen molar-refractivity contribution in [2.24, 2.45) is 0 Å². The third kappa shape index (κ3) is 4.55. The molecule has 140 valence electrons. The molecule has 1 aliphatic rings. The number of hydrogen-bond acceptors (Lipinski definition) is 2. The maximum atomic E-state index is 6.17. The lowest BCUT2D eigenvalue weighted by molar-refractivity contribution is -0.0979. The first kappa shape index (κ1) is 19.1. The summed E-state index contributed by atoms with van der Waals surface area (Å²) in [5.41, 5.74) is 4.36. The van der Waals surface area contributed by atoms with Gasteiger partial charge < -0.3 is 10.1 Å². The average Bonchev–Trinajstić information content (AvgIpc) is 2.67. The Hall–Kier alpha value is -1.64. The molecule has 1 N–H and O–H groups in total. The van der Waals surface area contributed by atoms with Gasteiger partial charge in [0.1, 0.15) is 0 Å². The number of rotatable bonds is 7. The molecule has 0 radical (unpaired) electrons. The van der Waals surface area contributed by atoms with Crippen molar-refractivity contribution < 1.29 is 4.74 Å². The minimum atomic E-state index is -0.0113. The lowest BCUT2D eigenvalue weighted by Gasteiger charge is -2.47. The predicted octanol–water partition coefficient (Wildman–Crippen LogP) is 5.39. The van der Waals surface area contributed by atoms with Crippen molar-refractivity contribution in [1.82, 2.24) is 5.32 Å². The molecule has 2 aromatic carbocycles. The quantitative estimate of drug-likeness (QED) is 0.675. The van der Waals surface area contributed by atoms with Crippen molar-refractivity contribution in [2.75, 3.05) is 13.2 Å². The molecular weight excluding hydrogens is 318 g/mol. The zero-order valence-electron chi connectivity index (χ0n) is 16.6. The minimum absolute atomic E-state index is 0.0113. The van der Waals surface area contributed by atoms with Crippen LogP contribution in [0.25, 0.3) is 0 Å². The molecule has 2 nitrogen and oxygen atoms in total. The highest BCUT2D eigenvalue weighted by Gasteiger charge is 2.43. The molecule has 1 saturated heterocycles. The van der Waals surface area contributed by atoms with Crippen LogP contribution in [0.5, 0.6) is 0 Å². The molecule has 2 atom stereocenters. The number of nitrogens with one attached hydrogen (secondary N) is 1. The van der Waals surface area contributed by atoms with Crippen LogP contribution >= 0.6 is 0 Å². The molecule has 0 aliphatic carbocycles. The smallest absolute Gasteiger partial charge is 0.0660 e. The largest absolute Gasteiger partial charge is 0.375 e. The van der Waals surface area contributed by atoms with E-state index in [1.54, 1.807) is 0 Å². The molecule has 0 amide bonds. The topological polar surface area (TPSA) is 21.3 Å². The Morgan fingerprint density at radius 1 is 1.04 bits per heavy atom. The predicted molar refractivity (Wildman–Crippen MR) is 110 cm³/mol. The zero-order chi connectivity index (χ0) is 18.5. The molecule has 2 heteroatoms. The Kier molecular flexibility index (Phi) is 6.16. The van der Waals surface area contributed by atoms with E-state index in [9.17, 15) is 0 Å². The van der Waals surface area contributed by atoms with Gasteiger partial charge in [-0.25, -0.2) is 0 Å². The van der Waals surface area contributed by atoms with Crippen molar-refractivity contribution in [3.05, 3.63) is 71.3 Å². The van der Waals surface area contributed by atoms with E-state index in [2.05, 4.69) is 80.7 Å². The van der Waals surface area contributed by atoms with E-state index in [0.717, 1.165) is 45.4 Å². The van der Waals surface area contributed by atoms with Crippen LogP contribution in [0.3, 0.4) is 0 Å². The fraction of sp³-hybridized carbons (Fsp3) is 0.500. The Morgan fingerprint density at radius 3 is 2.46 bits per heavy atom. The second-order valence-corrected chi connectivity index (χ2v) is 8.14. The highest BCUT2D eigenvalue weighted by Crippen LogP contribution is 2.45. The molecule has 0 saturated carbocycles. The second-order valence-electron chi connectivity index (χ2n) is 8.14. The highest BCUT2D eigenvalue weighted by molar-refractivity contribution is 5.30. The lowest BCUT2D eigenvalue weighted by atomic mass is 9.66. The molecule has 1 fully saturated rings. The van der Waals surface area contributed by atoms with Crippen molar-refractivity contribution >= 4 is 0 Å². The Balaban J connectivity index is 1.72. The highest BCUT2D eigenvalue weighted by atomic mass is 16.5. The summed E-state index contributed by atoms with van der Waals surface area (Å²) in [5.74, 6) is 0. The van der Waals surface area contributed by atoms with Gasteiger partial charge in [-0.2, -0.15) is 0 Å². The van der Waals surface area contributed by atoms with Crippen LogP contribution in [0.4, 0.5) is 0 Å². The van der Waals surface area contributed by atoms with Crippen molar-refractivity contribution in [3.8, 4) is 0 Å². The van der Waals surface area contributed by atoms with Gasteiger partial charge >= 0.3 is 0 Å². The van der Waals surface area contributed by atoms with Gasteiger partial charge in [-0.15, -0.1) is 0 Å². The van der Waals surface area contributed by atoms with Crippen LogP contribution in [-0.2, 0) is 16.7 Å². The molecule has 3 rings (SSSR count). The SMILES string of the molecule is CC[C@]1(C)C[C@@](CCNCc2ccccc2)(c2ccc(C)cc2)CCO1. The number of hydrogen-bond donors (Lipinski definition) is 1. The average molecular weight is 352 g/mol. The summed E-state index contributed by atoms with van der Waals surface area (Å²) in [4.78, 5) is 0. The second kappa shape index (κ2) is 8.37. The zero-order valence-corrected chi connectivity index (χ0v) is 16.6. The van der Waals surface area contributed by atoms with E-state index in [-0.39, 0.29) is 11.0 Å². The monoisotopic (exact) mass is 351 g/mol. The molecule has 0 aromatic heterocycles. The summed E-state index contributed by atoms with van der Waals surface area (Å²) in [7, 11) is 0. The van der Waals surface area contributed by atoms with Gasteiger partial charge in [0.25, 0.3) is 0 Å². The first-order valence-electron chi connectivity index (χ1n) is 10.0. The summed E-state index contributed by atoms with van der Waals surface area (Å²) < 4.78 is 6.17. The molecule has 0 unspecified atom stereocenters. The van der Waals surface area contributed by atoms with E-state index >= 15 is 0 Å². The van der Waals surface area contributed by atoms with Crippen molar-refractivity contribution in [2.45, 2.75) is 64.0 Å². The van der Waals surface area contributed by atoms with Gasteiger partial charge in [0.15, 0.2) is 0 Å². The van der Waals surface area contributed by atoms with Gasteiger partial charge in [0.2, 0.25) is 0 Å². The van der Waals surface area contributed by atoms with Gasteiger partial charge in [-0.05, 0) is 57.2 Å². The standard InChI is InChI=1S/C24H33NO/c1-4-23(3)19-24(15-17-26-23,22-12-10-20(2)11-13-22)14-16-25-18-21-8-6-5-7-9-21/h5-13,25H,4,14-19H2,1-3H3/t23-,24+/m1/s1. The lowest BCUT2D eigenvalue weighted by Crippen LogP contribution is -2.46. The van der Waals surface area contributed by atoms with Gasteiger partial charge in [-0.3, -0.25) is 0 Å². The van der Waals surface area contributed by atoms with E-state index in [1.807, 2.05) is 0 Å². The van der Waals surface area contributed by atoms with E-state index in [0.29, 0.717) is 0 Å². The number of aryl methyl sites for hydroxylation is 1. The van der Waals surface area contributed by atoms with Crippen molar-refractivity contribution in [1.29, 1.82) is 0 Å². The maximum Gasteiger partial charge on any atom is 0.0660 e. The van der Waals surface area contributed by atoms with Crippen LogP contribution in [0, 0.1) is 6.92 Å². The normalized spacial score (nSPS) is 26.0. The summed E-state index contributed by atoms with van der Waals surface area (Å²) in [6.07, 6.45) is 4.44. The van der Waals surface area contributed by atoms with Crippen LogP contribution in [0.15, 0.2) is 54.6 Å². The molecule has 1 heterocycles. The van der Waals surface area contributed by atoms with E-state index < -0.39 is 0 Å². The van der Waals surface area contributed by atoms with E-state index in [4.69, 9.17) is 4.74 Å². The summed E-state index contributed by atoms with van der Waals surface area (Å²) in [6, 6.07) is 19.9. The first-order chi connectivity index (χ1) is 12.6. The van der Waals surface area contributed by atoms with Crippen LogP contribution < -0.4 is 5.32 Å².